The van der Waals surface area contributed by atoms with E-state index >= 15 is 0 Å². The van der Waals surface area contributed by atoms with Crippen LogP contribution < -0.4 is 0 Å². The van der Waals surface area contributed by atoms with Crippen LogP contribution in [0.3, 0.4) is 0 Å². The highest BCUT2D eigenvalue weighted by Crippen LogP contribution is 2.04. The maximum Gasteiger partial charge on any atom is 0.305 e. The Morgan fingerprint density at radius 1 is 1.13 bits per heavy atom. The molecule has 0 aliphatic rings. The van der Waals surface area contributed by atoms with Gasteiger partial charge in [0, 0.05) is 12.8 Å². The van der Waals surface area contributed by atoms with E-state index in [2.05, 4.69) is 13.8 Å². The molecule has 0 heterocycles. The number of hydrogen-bond acceptors (Lipinski definition) is 3. The van der Waals surface area contributed by atoms with Gasteiger partial charge in [0.05, 0.1) is 6.61 Å². The van der Waals surface area contributed by atoms with Gasteiger partial charge in [-0.1, -0.05) is 13.8 Å². The Balaban J connectivity index is 3.30. The number of Topliss-reactive ketones (excluding diaryl/α,β-unsaturated/α-hetero) is 1. The molecular weight excluding hydrogens is 192 g/mol. The molecule has 0 saturated heterocycles. The lowest BCUT2D eigenvalue weighted by atomic mass is 10.1. The molecule has 3 nitrogen and oxygen atoms in total. The molecule has 0 N–H and O–H groups in total. The summed E-state index contributed by atoms with van der Waals surface area (Å²) in [4.78, 5) is 21.8. The first-order chi connectivity index (χ1) is 7.02. The summed E-state index contributed by atoms with van der Waals surface area (Å²) in [7, 11) is 0. The van der Waals surface area contributed by atoms with Crippen molar-refractivity contribution in [1.82, 2.24) is 0 Å². The highest BCUT2D eigenvalue weighted by atomic mass is 16.5. The lowest BCUT2D eigenvalue weighted by Gasteiger charge is -2.06. The van der Waals surface area contributed by atoms with Gasteiger partial charge in [-0.25, -0.2) is 0 Å². The third-order valence-corrected chi connectivity index (χ3v) is 2.12. The molecule has 0 amide bonds. The smallest absolute Gasteiger partial charge is 0.305 e. The second-order valence-electron chi connectivity index (χ2n) is 4.31. The Hall–Kier alpha value is -0.860. The van der Waals surface area contributed by atoms with Crippen molar-refractivity contribution in [3.8, 4) is 0 Å². The van der Waals surface area contributed by atoms with Gasteiger partial charge >= 0.3 is 5.97 Å². The van der Waals surface area contributed by atoms with E-state index in [1.165, 1.54) is 0 Å². The second-order valence-corrected chi connectivity index (χ2v) is 4.31. The van der Waals surface area contributed by atoms with Crippen molar-refractivity contribution in [2.75, 3.05) is 6.61 Å². The number of carbonyl (C=O) groups is 2. The number of ketones is 1. The van der Waals surface area contributed by atoms with Crippen LogP contribution in [0.5, 0.6) is 0 Å². The van der Waals surface area contributed by atoms with E-state index in [0.717, 1.165) is 19.3 Å². The summed E-state index contributed by atoms with van der Waals surface area (Å²) < 4.78 is 5.04. The van der Waals surface area contributed by atoms with Crippen molar-refractivity contribution in [1.29, 1.82) is 0 Å². The van der Waals surface area contributed by atoms with Gasteiger partial charge in [-0.05, 0) is 32.1 Å². The maximum absolute atomic E-state index is 11.2. The molecule has 0 bridgehead atoms. The standard InChI is InChI=1S/C12H22O3/c1-10(2)8-9-15-12(14)7-5-4-6-11(3)13/h10H,4-9H2,1-3H3. The monoisotopic (exact) mass is 214 g/mol. The largest absolute Gasteiger partial charge is 0.466 e. The molecule has 0 aromatic rings. The first kappa shape index (κ1) is 14.1. The van der Waals surface area contributed by atoms with Gasteiger partial charge < -0.3 is 9.53 Å². The number of esters is 1. The van der Waals surface area contributed by atoms with Crippen molar-refractivity contribution >= 4 is 11.8 Å². The summed E-state index contributed by atoms with van der Waals surface area (Å²) in [5.74, 6) is 0.609. The molecule has 3 heteroatoms. The molecule has 0 saturated carbocycles. The summed E-state index contributed by atoms with van der Waals surface area (Å²) in [5.41, 5.74) is 0. The summed E-state index contributed by atoms with van der Waals surface area (Å²) in [6.45, 7) is 6.28. The van der Waals surface area contributed by atoms with Gasteiger partial charge in [0.1, 0.15) is 5.78 Å². The minimum Gasteiger partial charge on any atom is -0.466 e. The summed E-state index contributed by atoms with van der Waals surface area (Å²) in [5, 5.41) is 0. The van der Waals surface area contributed by atoms with Crippen LogP contribution in [-0.2, 0) is 14.3 Å². The molecule has 0 aromatic heterocycles. The fraction of sp³-hybridized carbons (Fsp3) is 0.833. The lowest BCUT2D eigenvalue weighted by molar-refractivity contribution is -0.144. The van der Waals surface area contributed by atoms with E-state index < -0.39 is 0 Å². The summed E-state index contributed by atoms with van der Waals surface area (Å²) >= 11 is 0. The van der Waals surface area contributed by atoms with Crippen LogP contribution in [0.2, 0.25) is 0 Å². The van der Waals surface area contributed by atoms with Gasteiger partial charge in [0.15, 0.2) is 0 Å². The first-order valence-electron chi connectivity index (χ1n) is 5.67. The average Bonchev–Trinajstić information content (AvgIpc) is 2.11. The molecule has 0 atom stereocenters. The minimum absolute atomic E-state index is 0.140. The molecule has 0 aromatic carbocycles. The van der Waals surface area contributed by atoms with Gasteiger partial charge in [0.25, 0.3) is 0 Å². The fourth-order valence-corrected chi connectivity index (χ4v) is 1.12. The van der Waals surface area contributed by atoms with Crippen LogP contribution in [0.1, 0.15) is 52.9 Å². The molecule has 0 spiro atoms. The number of hydrogen-bond donors (Lipinski definition) is 0. The highest BCUT2D eigenvalue weighted by Gasteiger charge is 2.03. The molecule has 0 aliphatic carbocycles. The van der Waals surface area contributed by atoms with Crippen molar-refractivity contribution in [3.63, 3.8) is 0 Å². The van der Waals surface area contributed by atoms with Crippen LogP contribution >= 0.6 is 0 Å². The molecule has 0 rings (SSSR count). The van der Waals surface area contributed by atoms with Crippen LogP contribution in [0, 0.1) is 5.92 Å². The summed E-state index contributed by atoms with van der Waals surface area (Å²) in [6.07, 6.45) is 3.46. The topological polar surface area (TPSA) is 43.4 Å². The fourth-order valence-electron chi connectivity index (χ4n) is 1.12. The van der Waals surface area contributed by atoms with Crippen molar-refractivity contribution in [3.05, 3.63) is 0 Å². The minimum atomic E-state index is -0.140. The number of rotatable bonds is 8. The Kier molecular flexibility index (Phi) is 7.96. The molecule has 88 valence electrons. The Labute approximate surface area is 92.2 Å². The van der Waals surface area contributed by atoms with Crippen LogP contribution in [0.15, 0.2) is 0 Å². The lowest BCUT2D eigenvalue weighted by Crippen LogP contribution is -2.07. The number of ether oxygens (including phenoxy) is 1. The Morgan fingerprint density at radius 3 is 2.27 bits per heavy atom. The molecule has 0 unspecified atom stereocenters. The predicted octanol–water partition coefficient (Wildman–Crippen LogP) is 2.73. The van der Waals surface area contributed by atoms with Crippen molar-refractivity contribution < 1.29 is 14.3 Å². The number of unbranched alkanes of at least 4 members (excludes halogenated alkanes) is 1. The van der Waals surface area contributed by atoms with E-state index in [-0.39, 0.29) is 11.8 Å². The van der Waals surface area contributed by atoms with Gasteiger partial charge in [-0.2, -0.15) is 0 Å². The zero-order valence-corrected chi connectivity index (χ0v) is 10.0. The SMILES string of the molecule is CC(=O)CCCCC(=O)OCCC(C)C. The average molecular weight is 214 g/mol. The van der Waals surface area contributed by atoms with Crippen LogP contribution in [-0.4, -0.2) is 18.4 Å². The molecule has 15 heavy (non-hydrogen) atoms. The molecule has 0 fully saturated rings. The predicted molar refractivity (Wildman–Crippen MR) is 59.6 cm³/mol. The zero-order valence-electron chi connectivity index (χ0n) is 10.0. The quantitative estimate of drug-likeness (QED) is 0.461. The third kappa shape index (κ3) is 11.1. The Morgan fingerprint density at radius 2 is 1.73 bits per heavy atom. The van der Waals surface area contributed by atoms with Gasteiger partial charge in [-0.3, -0.25) is 4.79 Å². The second kappa shape index (κ2) is 8.45. The van der Waals surface area contributed by atoms with Gasteiger partial charge in [-0.15, -0.1) is 0 Å². The first-order valence-corrected chi connectivity index (χ1v) is 5.67. The summed E-state index contributed by atoms with van der Waals surface area (Å²) in [6, 6.07) is 0. The van der Waals surface area contributed by atoms with E-state index in [9.17, 15) is 9.59 Å². The van der Waals surface area contributed by atoms with E-state index in [1.54, 1.807) is 6.92 Å². The normalized spacial score (nSPS) is 10.4. The third-order valence-electron chi connectivity index (χ3n) is 2.12. The van der Waals surface area contributed by atoms with Crippen molar-refractivity contribution in [2.24, 2.45) is 5.92 Å². The maximum atomic E-state index is 11.2. The van der Waals surface area contributed by atoms with E-state index in [1.807, 2.05) is 0 Å². The Bertz CT molecular complexity index is 197. The van der Waals surface area contributed by atoms with Crippen LogP contribution in [0.4, 0.5) is 0 Å². The molecular formula is C12H22O3. The zero-order chi connectivity index (χ0) is 11.7. The van der Waals surface area contributed by atoms with Crippen molar-refractivity contribution in [2.45, 2.75) is 52.9 Å². The van der Waals surface area contributed by atoms with E-state index in [4.69, 9.17) is 4.74 Å². The number of carbonyl (C=O) groups excluding carboxylic acids is 2. The van der Waals surface area contributed by atoms with Crippen LogP contribution in [0.25, 0.3) is 0 Å². The highest BCUT2D eigenvalue weighted by molar-refractivity contribution is 5.75. The molecule has 0 radical (unpaired) electrons. The van der Waals surface area contributed by atoms with Gasteiger partial charge in [0.2, 0.25) is 0 Å². The molecule has 0 aliphatic heterocycles. The van der Waals surface area contributed by atoms with E-state index in [0.29, 0.717) is 25.4 Å².